The standard InChI is InChI=1S/C10H11F3N2O3S2/c11-10(12,13)9(3-4-9)15-7(16)5-6-1-2-8(19-6)20(14,17)18/h1-2H,3-5H2,(H,15,16)(H2,14,17,18). The Bertz CT molecular complexity index is 632. The number of carbonyl (C=O) groups is 1. The number of nitrogens with two attached hydrogens (primary N) is 1. The zero-order valence-corrected chi connectivity index (χ0v) is 11.7. The third-order valence-electron chi connectivity index (χ3n) is 2.92. The average Bonchev–Trinajstić information content (AvgIpc) is 2.87. The summed E-state index contributed by atoms with van der Waals surface area (Å²) in [5.41, 5.74) is -2.11. The first kappa shape index (κ1) is 15.3. The van der Waals surface area contributed by atoms with Crippen molar-refractivity contribution in [1.29, 1.82) is 0 Å². The fourth-order valence-corrected chi connectivity index (χ4v) is 3.46. The molecule has 1 heterocycles. The Morgan fingerprint density at radius 2 is 2.00 bits per heavy atom. The Morgan fingerprint density at radius 3 is 2.40 bits per heavy atom. The quantitative estimate of drug-likeness (QED) is 0.869. The molecule has 2 rings (SSSR count). The van der Waals surface area contributed by atoms with Gasteiger partial charge in [0.05, 0.1) is 6.42 Å². The number of amides is 1. The molecule has 0 unspecified atom stereocenters. The Labute approximate surface area is 117 Å². The second-order valence-corrected chi connectivity index (χ2v) is 7.53. The molecule has 0 saturated heterocycles. The van der Waals surface area contributed by atoms with E-state index in [9.17, 15) is 26.4 Å². The highest BCUT2D eigenvalue weighted by atomic mass is 32.2. The molecule has 1 aromatic rings. The molecule has 0 bridgehead atoms. The molecule has 1 saturated carbocycles. The smallest absolute Gasteiger partial charge is 0.342 e. The number of halogens is 3. The van der Waals surface area contributed by atoms with Crippen LogP contribution in [0.15, 0.2) is 16.3 Å². The zero-order valence-electron chi connectivity index (χ0n) is 10.0. The minimum absolute atomic E-state index is 0.128. The van der Waals surface area contributed by atoms with Gasteiger partial charge in [0.1, 0.15) is 9.75 Å². The van der Waals surface area contributed by atoms with Crippen LogP contribution in [0, 0.1) is 0 Å². The maximum Gasteiger partial charge on any atom is 0.411 e. The van der Waals surface area contributed by atoms with Gasteiger partial charge in [-0.05, 0) is 25.0 Å². The van der Waals surface area contributed by atoms with Gasteiger partial charge in [-0.1, -0.05) is 0 Å². The summed E-state index contributed by atoms with van der Waals surface area (Å²) in [7, 11) is -3.86. The van der Waals surface area contributed by atoms with Gasteiger partial charge in [-0.3, -0.25) is 4.79 Å². The lowest BCUT2D eigenvalue weighted by atomic mass is 10.2. The molecule has 1 amide bonds. The van der Waals surface area contributed by atoms with Crippen molar-refractivity contribution in [3.05, 3.63) is 17.0 Å². The van der Waals surface area contributed by atoms with Crippen molar-refractivity contribution in [1.82, 2.24) is 5.32 Å². The third kappa shape index (κ3) is 3.13. The van der Waals surface area contributed by atoms with E-state index in [-0.39, 0.29) is 23.5 Å². The van der Waals surface area contributed by atoms with Crippen molar-refractivity contribution in [2.24, 2.45) is 5.14 Å². The number of rotatable bonds is 4. The van der Waals surface area contributed by atoms with Gasteiger partial charge in [-0.15, -0.1) is 11.3 Å². The van der Waals surface area contributed by atoms with Gasteiger partial charge in [-0.25, -0.2) is 13.6 Å². The average molecular weight is 328 g/mol. The van der Waals surface area contributed by atoms with Crippen molar-refractivity contribution < 1.29 is 26.4 Å². The molecule has 20 heavy (non-hydrogen) atoms. The molecule has 0 aliphatic heterocycles. The number of hydrogen-bond donors (Lipinski definition) is 2. The van der Waals surface area contributed by atoms with Crippen LogP contribution in [-0.4, -0.2) is 26.0 Å². The van der Waals surface area contributed by atoms with Crippen LogP contribution in [0.5, 0.6) is 0 Å². The van der Waals surface area contributed by atoms with E-state index in [2.05, 4.69) is 0 Å². The molecule has 0 radical (unpaired) electrons. The molecule has 1 aromatic heterocycles. The minimum atomic E-state index is -4.47. The topological polar surface area (TPSA) is 89.3 Å². The van der Waals surface area contributed by atoms with Gasteiger partial charge in [0, 0.05) is 4.88 Å². The Kier molecular flexibility index (Phi) is 3.59. The van der Waals surface area contributed by atoms with Crippen molar-refractivity contribution in [3.8, 4) is 0 Å². The van der Waals surface area contributed by atoms with Crippen molar-refractivity contribution in [2.45, 2.75) is 35.2 Å². The number of nitrogens with one attached hydrogen (secondary N) is 1. The van der Waals surface area contributed by atoms with Crippen molar-refractivity contribution in [3.63, 3.8) is 0 Å². The highest BCUT2D eigenvalue weighted by molar-refractivity contribution is 7.91. The van der Waals surface area contributed by atoms with Crippen LogP contribution in [0.3, 0.4) is 0 Å². The molecule has 0 aromatic carbocycles. The SMILES string of the molecule is NS(=O)(=O)c1ccc(CC(=O)NC2(C(F)(F)F)CC2)s1. The fraction of sp³-hybridized carbons (Fsp3) is 0.500. The van der Waals surface area contributed by atoms with Crippen LogP contribution < -0.4 is 10.5 Å². The molecule has 10 heteroatoms. The monoisotopic (exact) mass is 328 g/mol. The van der Waals surface area contributed by atoms with Crippen molar-refractivity contribution >= 4 is 27.3 Å². The first-order valence-electron chi connectivity index (χ1n) is 5.53. The normalized spacial score (nSPS) is 17.8. The van der Waals surface area contributed by atoms with Gasteiger partial charge in [-0.2, -0.15) is 13.2 Å². The molecule has 1 fully saturated rings. The van der Waals surface area contributed by atoms with E-state index in [0.29, 0.717) is 4.88 Å². The lowest BCUT2D eigenvalue weighted by Gasteiger charge is -2.20. The van der Waals surface area contributed by atoms with Gasteiger partial charge in [0.25, 0.3) is 0 Å². The summed E-state index contributed by atoms with van der Waals surface area (Å²) in [5, 5.41) is 6.87. The molecular weight excluding hydrogens is 317 g/mol. The van der Waals surface area contributed by atoms with Crippen LogP contribution in [0.4, 0.5) is 13.2 Å². The van der Waals surface area contributed by atoms with E-state index in [4.69, 9.17) is 5.14 Å². The number of hydrogen-bond acceptors (Lipinski definition) is 4. The van der Waals surface area contributed by atoms with E-state index >= 15 is 0 Å². The summed E-state index contributed by atoms with van der Waals surface area (Å²) in [5.74, 6) is -0.789. The minimum Gasteiger partial charge on any atom is -0.342 e. The fourth-order valence-electron chi connectivity index (χ4n) is 1.68. The summed E-state index contributed by atoms with van der Waals surface area (Å²) < 4.78 is 59.9. The predicted molar refractivity (Wildman–Crippen MR) is 65.6 cm³/mol. The van der Waals surface area contributed by atoms with Crippen LogP contribution in [0.2, 0.25) is 0 Å². The van der Waals surface area contributed by atoms with Crippen molar-refractivity contribution in [2.75, 3.05) is 0 Å². The first-order valence-corrected chi connectivity index (χ1v) is 7.89. The number of sulfonamides is 1. The lowest BCUT2D eigenvalue weighted by Crippen LogP contribution is -2.48. The maximum absolute atomic E-state index is 12.6. The summed E-state index contributed by atoms with van der Waals surface area (Å²) >= 11 is 0.767. The van der Waals surface area contributed by atoms with Crippen LogP contribution in [0.1, 0.15) is 17.7 Å². The highest BCUT2D eigenvalue weighted by Crippen LogP contribution is 2.48. The summed E-state index contributed by atoms with van der Waals surface area (Å²) in [6, 6.07) is 2.58. The largest absolute Gasteiger partial charge is 0.411 e. The molecule has 112 valence electrons. The van der Waals surface area contributed by atoms with Gasteiger partial charge in [0.2, 0.25) is 15.9 Å². The van der Waals surface area contributed by atoms with Crippen LogP contribution >= 0.6 is 11.3 Å². The number of thiophene rings is 1. The van der Waals surface area contributed by atoms with Gasteiger partial charge >= 0.3 is 6.18 Å². The van der Waals surface area contributed by atoms with E-state index in [1.807, 2.05) is 5.32 Å². The number of carbonyl (C=O) groups excluding carboxylic acids is 1. The van der Waals surface area contributed by atoms with Crippen LogP contribution in [-0.2, 0) is 21.2 Å². The molecule has 3 N–H and O–H groups in total. The zero-order chi connectivity index (χ0) is 15.2. The molecular formula is C10H11F3N2O3S2. The van der Waals surface area contributed by atoms with Gasteiger partial charge < -0.3 is 5.32 Å². The lowest BCUT2D eigenvalue weighted by molar-refractivity contribution is -0.170. The number of alkyl halides is 3. The second-order valence-electron chi connectivity index (χ2n) is 4.57. The van der Waals surface area contributed by atoms with E-state index < -0.39 is 27.6 Å². The maximum atomic E-state index is 12.6. The third-order valence-corrected chi connectivity index (χ3v) is 5.45. The van der Waals surface area contributed by atoms with E-state index in [0.717, 1.165) is 11.3 Å². The molecule has 0 atom stereocenters. The number of primary sulfonamides is 1. The summed E-state index contributed by atoms with van der Waals surface area (Å²) in [6.07, 6.45) is -5.04. The second kappa shape index (κ2) is 4.71. The Morgan fingerprint density at radius 1 is 1.40 bits per heavy atom. The molecule has 1 aliphatic rings. The molecule has 5 nitrogen and oxygen atoms in total. The summed E-state index contributed by atoms with van der Waals surface area (Å²) in [4.78, 5) is 11.9. The highest BCUT2D eigenvalue weighted by Gasteiger charge is 2.64. The molecule has 0 spiro atoms. The van der Waals surface area contributed by atoms with E-state index in [1.165, 1.54) is 12.1 Å². The molecule has 1 aliphatic carbocycles. The summed E-state index contributed by atoms with van der Waals surface area (Å²) in [6.45, 7) is 0. The first-order chi connectivity index (χ1) is 9.03. The van der Waals surface area contributed by atoms with Crippen LogP contribution in [0.25, 0.3) is 0 Å². The van der Waals surface area contributed by atoms with E-state index in [1.54, 1.807) is 0 Å². The Balaban J connectivity index is 2.01. The predicted octanol–water partition coefficient (Wildman–Crippen LogP) is 1.15. The van der Waals surface area contributed by atoms with Gasteiger partial charge in [0.15, 0.2) is 0 Å². The Hall–Kier alpha value is -1.13.